The Kier molecular flexibility index (Phi) is 15.6. The molecule has 0 spiro atoms. The molecule has 0 N–H and O–H groups in total. The third kappa shape index (κ3) is 12.1. The zero-order chi connectivity index (χ0) is 40.4. The van der Waals surface area contributed by atoms with Gasteiger partial charge in [0.2, 0.25) is 0 Å². The summed E-state index contributed by atoms with van der Waals surface area (Å²) in [7, 11) is 0. The number of ketones is 2. The van der Waals surface area contributed by atoms with E-state index in [1.807, 2.05) is 155 Å². The molecule has 58 heavy (non-hydrogen) atoms. The van der Waals surface area contributed by atoms with Crippen molar-refractivity contribution in [1.29, 1.82) is 0 Å². The molecule has 2 saturated heterocycles. The first kappa shape index (κ1) is 41.4. The monoisotopic (exact) mass is 774 g/mol. The molecule has 2 aliphatic rings. The van der Waals surface area contributed by atoms with Crippen molar-refractivity contribution in [3.63, 3.8) is 0 Å². The summed E-state index contributed by atoms with van der Waals surface area (Å²) in [4.78, 5) is 59.1. The van der Waals surface area contributed by atoms with Gasteiger partial charge in [0.05, 0.1) is 11.8 Å². The number of ether oxygens (including phenoxy) is 2. The van der Waals surface area contributed by atoms with Gasteiger partial charge in [0, 0.05) is 38.3 Å². The number of hydrogen-bond donors (Lipinski definition) is 0. The molecule has 2 fully saturated rings. The highest BCUT2D eigenvalue weighted by atomic mass is 16.6. The summed E-state index contributed by atoms with van der Waals surface area (Å²) < 4.78 is 12.2. The van der Waals surface area contributed by atoms with E-state index in [0.29, 0.717) is 37.3 Å². The van der Waals surface area contributed by atoms with Crippen LogP contribution in [0.15, 0.2) is 170 Å². The van der Waals surface area contributed by atoms with Crippen molar-refractivity contribution >= 4 is 35.7 Å². The Morgan fingerprint density at radius 1 is 0.431 bits per heavy atom. The van der Waals surface area contributed by atoms with Crippen LogP contribution in [0.4, 0.5) is 0 Å². The Labute approximate surface area is 341 Å². The van der Waals surface area contributed by atoms with Crippen molar-refractivity contribution < 1.29 is 28.7 Å². The van der Waals surface area contributed by atoms with Crippen molar-refractivity contribution in [3.05, 3.63) is 192 Å². The number of esters is 2. The van der Waals surface area contributed by atoms with Gasteiger partial charge in [-0.25, -0.2) is 9.59 Å². The molecule has 296 valence electrons. The van der Waals surface area contributed by atoms with E-state index in [0.717, 1.165) is 49.0 Å². The number of carbonyl (C=O) groups excluding carboxylic acids is 4. The van der Waals surface area contributed by atoms with E-state index in [4.69, 9.17) is 9.47 Å². The largest absolute Gasteiger partial charge is 0.442 e. The minimum absolute atomic E-state index is 0.216. The van der Waals surface area contributed by atoms with Crippen LogP contribution < -0.4 is 0 Å². The molecular formula is C50H50N2O6. The van der Waals surface area contributed by atoms with Crippen LogP contribution in [0.2, 0.25) is 0 Å². The predicted octanol–water partition coefficient (Wildman–Crippen LogP) is 8.72. The Hall–Kier alpha value is -6.22. The van der Waals surface area contributed by atoms with Crippen LogP contribution in [-0.2, 0) is 28.7 Å². The number of benzene rings is 4. The van der Waals surface area contributed by atoms with E-state index < -0.39 is 36.2 Å². The first-order valence-electron chi connectivity index (χ1n) is 20.0. The predicted molar refractivity (Wildman–Crippen MR) is 228 cm³/mol. The average Bonchev–Trinajstić information content (AvgIpc) is 4.01. The Bertz CT molecular complexity index is 1930. The molecule has 2 aliphatic heterocycles. The zero-order valence-electron chi connectivity index (χ0n) is 32.6. The highest BCUT2D eigenvalue weighted by Gasteiger charge is 2.38. The molecular weight excluding hydrogens is 725 g/mol. The Balaban J connectivity index is 1.19. The standard InChI is InChI=1S/C50H50N2O6/c53-43(31-15-13-25-39-21-5-1-6-22-39)47(41-27-9-3-10-28-41)49(51-35-17-18-36-51)57-45(55)33-34-46(56)58-50(52-37-19-20-38-52)48(42-29-11-4-12-30-42)44(54)32-16-14-26-40-23-7-2-8-24-40/h1-16,21-34,47-50H,17-20,35-38H2/b25-13?,26-14?,31-15?,32-16?,34-33-. The molecule has 4 aromatic rings. The van der Waals surface area contributed by atoms with Crippen molar-refractivity contribution in [3.8, 4) is 0 Å². The number of rotatable bonds is 18. The highest BCUT2D eigenvalue weighted by Crippen LogP contribution is 2.31. The van der Waals surface area contributed by atoms with Crippen LogP contribution in [0.5, 0.6) is 0 Å². The van der Waals surface area contributed by atoms with Crippen molar-refractivity contribution in [2.45, 2.75) is 50.0 Å². The van der Waals surface area contributed by atoms with E-state index >= 15 is 0 Å². The number of likely N-dealkylation sites (tertiary alicyclic amines) is 2. The Morgan fingerprint density at radius 3 is 1.10 bits per heavy atom. The number of hydrogen-bond acceptors (Lipinski definition) is 8. The summed E-state index contributed by atoms with van der Waals surface area (Å²) >= 11 is 0. The minimum Gasteiger partial charge on any atom is -0.442 e. The summed E-state index contributed by atoms with van der Waals surface area (Å²) in [5.41, 5.74) is 3.44. The van der Waals surface area contributed by atoms with Gasteiger partial charge in [0.1, 0.15) is 0 Å². The van der Waals surface area contributed by atoms with Crippen molar-refractivity contribution in [2.24, 2.45) is 0 Å². The normalized spacial score (nSPS) is 17.3. The van der Waals surface area contributed by atoms with Crippen LogP contribution in [0.1, 0.15) is 59.8 Å². The fraction of sp³-hybridized carbons (Fsp3) is 0.240. The highest BCUT2D eigenvalue weighted by molar-refractivity contribution is 5.98. The van der Waals surface area contributed by atoms with Crippen LogP contribution in [-0.4, -0.2) is 71.9 Å². The van der Waals surface area contributed by atoms with Crippen molar-refractivity contribution in [2.75, 3.05) is 26.2 Å². The van der Waals surface area contributed by atoms with Gasteiger partial charge in [-0.1, -0.05) is 158 Å². The van der Waals surface area contributed by atoms with Gasteiger partial charge in [0.15, 0.2) is 24.0 Å². The number of allylic oxidation sites excluding steroid dienone is 6. The number of carbonyl (C=O) groups is 4. The molecule has 4 aromatic carbocycles. The first-order valence-corrected chi connectivity index (χ1v) is 20.0. The quantitative estimate of drug-likeness (QED) is 0.0564. The fourth-order valence-electron chi connectivity index (χ4n) is 7.38. The third-order valence-corrected chi connectivity index (χ3v) is 10.3. The third-order valence-electron chi connectivity index (χ3n) is 10.3. The first-order chi connectivity index (χ1) is 28.5. The lowest BCUT2D eigenvalue weighted by molar-refractivity contribution is -0.159. The zero-order valence-corrected chi connectivity index (χ0v) is 32.6. The van der Waals surface area contributed by atoms with Crippen LogP contribution in [0, 0.1) is 0 Å². The lowest BCUT2D eigenvalue weighted by Gasteiger charge is -2.33. The lowest BCUT2D eigenvalue weighted by Crippen LogP contribution is -2.44. The lowest BCUT2D eigenvalue weighted by atomic mass is 9.91. The maximum Gasteiger partial charge on any atom is 0.332 e. The molecule has 0 aromatic heterocycles. The molecule has 0 saturated carbocycles. The van der Waals surface area contributed by atoms with Crippen LogP contribution in [0.3, 0.4) is 0 Å². The van der Waals surface area contributed by atoms with Crippen LogP contribution >= 0.6 is 0 Å². The van der Waals surface area contributed by atoms with Gasteiger partial charge in [0.25, 0.3) is 0 Å². The summed E-state index contributed by atoms with van der Waals surface area (Å²) in [5.74, 6) is -3.61. The minimum atomic E-state index is -0.909. The maximum atomic E-state index is 14.0. The molecule has 6 rings (SSSR count). The van der Waals surface area contributed by atoms with Gasteiger partial charge in [-0.3, -0.25) is 19.4 Å². The van der Waals surface area contributed by atoms with E-state index in [2.05, 4.69) is 0 Å². The van der Waals surface area contributed by atoms with E-state index in [-0.39, 0.29) is 11.6 Å². The average molecular weight is 775 g/mol. The Morgan fingerprint density at radius 2 is 0.759 bits per heavy atom. The maximum absolute atomic E-state index is 14.0. The summed E-state index contributed by atoms with van der Waals surface area (Å²) in [6, 6.07) is 38.2. The molecule has 8 nitrogen and oxygen atoms in total. The number of nitrogens with zero attached hydrogens (tertiary/aromatic N) is 2. The molecule has 8 heteroatoms. The summed E-state index contributed by atoms with van der Waals surface area (Å²) in [6.07, 6.45) is 17.8. The molecule has 4 atom stereocenters. The molecule has 4 unspecified atom stereocenters. The molecule has 0 aliphatic carbocycles. The molecule has 2 heterocycles. The van der Waals surface area contributed by atoms with Gasteiger partial charge < -0.3 is 9.47 Å². The summed E-state index contributed by atoms with van der Waals surface area (Å²) in [5, 5.41) is 0. The van der Waals surface area contributed by atoms with E-state index in [1.54, 1.807) is 12.2 Å². The second-order valence-corrected chi connectivity index (χ2v) is 14.3. The van der Waals surface area contributed by atoms with Gasteiger partial charge in [-0.15, -0.1) is 0 Å². The SMILES string of the molecule is O=C(/C=C\C(=O)OC(C(C(=O)C=CC=Cc1ccccc1)c1ccccc1)N1CCCC1)OC(C(C(=O)C=CC=Cc1ccccc1)c1ccccc1)N1CCCC1. The topological polar surface area (TPSA) is 93.2 Å². The van der Waals surface area contributed by atoms with Crippen LogP contribution in [0.25, 0.3) is 12.2 Å². The van der Waals surface area contributed by atoms with E-state index in [1.165, 1.54) is 12.2 Å². The second-order valence-electron chi connectivity index (χ2n) is 14.3. The van der Waals surface area contributed by atoms with Crippen molar-refractivity contribution in [1.82, 2.24) is 9.80 Å². The molecule has 0 bridgehead atoms. The molecule has 0 radical (unpaired) electrons. The van der Waals surface area contributed by atoms with Gasteiger partial charge in [-0.2, -0.15) is 0 Å². The second kappa shape index (κ2) is 21.9. The van der Waals surface area contributed by atoms with Gasteiger partial charge >= 0.3 is 11.9 Å². The fourth-order valence-corrected chi connectivity index (χ4v) is 7.38. The smallest absolute Gasteiger partial charge is 0.332 e. The van der Waals surface area contributed by atoms with E-state index in [9.17, 15) is 19.2 Å². The molecule has 0 amide bonds. The van der Waals surface area contributed by atoms with Gasteiger partial charge in [-0.05, 0) is 60.1 Å². The summed E-state index contributed by atoms with van der Waals surface area (Å²) in [6.45, 7) is 2.61.